The van der Waals surface area contributed by atoms with Gasteiger partial charge in [-0.05, 0) is 36.2 Å². The number of rotatable bonds is 6. The summed E-state index contributed by atoms with van der Waals surface area (Å²) in [5.74, 6) is 0.838. The zero-order chi connectivity index (χ0) is 16.2. The van der Waals surface area contributed by atoms with E-state index in [2.05, 4.69) is 15.3 Å². The number of carbonyl (C=O) groups is 1. The van der Waals surface area contributed by atoms with Crippen LogP contribution in [-0.2, 0) is 4.74 Å². The number of pyridine rings is 1. The third-order valence-electron chi connectivity index (χ3n) is 3.72. The van der Waals surface area contributed by atoms with Gasteiger partial charge >= 0.3 is 0 Å². The second-order valence-corrected chi connectivity index (χ2v) is 5.35. The smallest absolute Gasteiger partial charge is 0.159 e. The van der Waals surface area contributed by atoms with Crippen LogP contribution in [-0.4, -0.2) is 36.0 Å². The second kappa shape index (κ2) is 6.62. The Hall–Kier alpha value is -2.66. The quantitative estimate of drug-likeness (QED) is 0.540. The number of methoxy groups -OCH3 is 1. The maximum Gasteiger partial charge on any atom is 0.159 e. The average Bonchev–Trinajstić information content (AvgIpc) is 3.03. The van der Waals surface area contributed by atoms with Crippen LogP contribution in [0.1, 0.15) is 17.3 Å². The van der Waals surface area contributed by atoms with Gasteiger partial charge in [-0.25, -0.2) is 4.98 Å². The Morgan fingerprint density at radius 2 is 2.17 bits per heavy atom. The molecule has 118 valence electrons. The summed E-state index contributed by atoms with van der Waals surface area (Å²) in [6.45, 7) is 2.87. The Labute approximate surface area is 134 Å². The summed E-state index contributed by atoms with van der Waals surface area (Å²) in [4.78, 5) is 19.3. The molecule has 0 unspecified atom stereocenters. The van der Waals surface area contributed by atoms with E-state index in [4.69, 9.17) is 4.74 Å². The van der Waals surface area contributed by atoms with Gasteiger partial charge in [0.15, 0.2) is 5.78 Å². The molecule has 0 spiro atoms. The molecule has 0 aliphatic rings. The van der Waals surface area contributed by atoms with Crippen molar-refractivity contribution in [3.63, 3.8) is 0 Å². The molecular formula is C18H19N3O2. The zero-order valence-corrected chi connectivity index (χ0v) is 13.2. The number of ether oxygens (including phenoxy) is 1. The first-order valence-electron chi connectivity index (χ1n) is 7.51. The third-order valence-corrected chi connectivity index (χ3v) is 3.72. The van der Waals surface area contributed by atoms with Gasteiger partial charge in [0.1, 0.15) is 11.5 Å². The van der Waals surface area contributed by atoms with Crippen molar-refractivity contribution in [2.24, 2.45) is 0 Å². The fraction of sp³-hybridized carbons (Fsp3) is 0.222. The molecule has 0 aliphatic heterocycles. The van der Waals surface area contributed by atoms with Gasteiger partial charge < -0.3 is 15.0 Å². The Morgan fingerprint density at radius 1 is 1.30 bits per heavy atom. The molecule has 0 saturated heterocycles. The molecule has 2 N–H and O–H groups in total. The predicted molar refractivity (Wildman–Crippen MR) is 91.9 cm³/mol. The molecule has 0 radical (unpaired) electrons. The first kappa shape index (κ1) is 15.2. The first-order chi connectivity index (χ1) is 11.2. The number of aromatic nitrogens is 2. The van der Waals surface area contributed by atoms with Crippen LogP contribution in [0.3, 0.4) is 0 Å². The van der Waals surface area contributed by atoms with E-state index in [9.17, 15) is 4.79 Å². The SMILES string of the molecule is COCCNc1cc(-c2cccc(C(C)=O)c2)c2cc[nH]c2n1. The Bertz CT molecular complexity index is 839. The van der Waals surface area contributed by atoms with E-state index in [-0.39, 0.29) is 5.78 Å². The van der Waals surface area contributed by atoms with Crippen molar-refractivity contribution in [1.29, 1.82) is 0 Å². The lowest BCUT2D eigenvalue weighted by Gasteiger charge is -2.10. The highest BCUT2D eigenvalue weighted by molar-refractivity contribution is 5.98. The molecule has 23 heavy (non-hydrogen) atoms. The maximum absolute atomic E-state index is 11.6. The van der Waals surface area contributed by atoms with E-state index in [1.54, 1.807) is 14.0 Å². The largest absolute Gasteiger partial charge is 0.383 e. The summed E-state index contributed by atoms with van der Waals surface area (Å²) in [6.07, 6.45) is 1.87. The summed E-state index contributed by atoms with van der Waals surface area (Å²) in [6, 6.07) is 11.7. The highest BCUT2D eigenvalue weighted by Gasteiger charge is 2.10. The van der Waals surface area contributed by atoms with Gasteiger partial charge in [0, 0.05) is 30.8 Å². The van der Waals surface area contributed by atoms with Crippen LogP contribution in [0.4, 0.5) is 5.82 Å². The van der Waals surface area contributed by atoms with Crippen molar-refractivity contribution in [1.82, 2.24) is 9.97 Å². The van der Waals surface area contributed by atoms with Crippen LogP contribution in [0.2, 0.25) is 0 Å². The van der Waals surface area contributed by atoms with Crippen molar-refractivity contribution in [3.8, 4) is 11.1 Å². The van der Waals surface area contributed by atoms with Gasteiger partial charge in [-0.3, -0.25) is 4.79 Å². The Kier molecular flexibility index (Phi) is 4.39. The van der Waals surface area contributed by atoms with E-state index in [1.165, 1.54) is 0 Å². The molecule has 2 aromatic heterocycles. The van der Waals surface area contributed by atoms with Gasteiger partial charge in [-0.2, -0.15) is 0 Å². The number of ketones is 1. The lowest BCUT2D eigenvalue weighted by atomic mass is 10.00. The maximum atomic E-state index is 11.6. The van der Waals surface area contributed by atoms with Crippen molar-refractivity contribution in [2.75, 3.05) is 25.6 Å². The summed E-state index contributed by atoms with van der Waals surface area (Å²) in [7, 11) is 1.67. The van der Waals surface area contributed by atoms with Crippen molar-refractivity contribution < 1.29 is 9.53 Å². The molecule has 0 amide bonds. The summed E-state index contributed by atoms with van der Waals surface area (Å²) in [5, 5.41) is 4.28. The number of nitrogens with zero attached hydrogens (tertiary/aromatic N) is 1. The van der Waals surface area contributed by atoms with E-state index < -0.39 is 0 Å². The molecule has 3 rings (SSSR count). The fourth-order valence-corrected chi connectivity index (χ4v) is 2.55. The van der Waals surface area contributed by atoms with E-state index in [0.29, 0.717) is 18.7 Å². The summed E-state index contributed by atoms with van der Waals surface area (Å²) in [5.41, 5.74) is 3.56. The van der Waals surface area contributed by atoms with E-state index in [1.807, 2.05) is 42.6 Å². The number of nitrogens with one attached hydrogen (secondary N) is 2. The number of fused-ring (bicyclic) bond motifs is 1. The molecule has 0 fully saturated rings. The Morgan fingerprint density at radius 3 is 2.96 bits per heavy atom. The Balaban J connectivity index is 2.06. The number of benzene rings is 1. The highest BCUT2D eigenvalue weighted by Crippen LogP contribution is 2.30. The minimum Gasteiger partial charge on any atom is -0.383 e. The van der Waals surface area contributed by atoms with Crippen LogP contribution < -0.4 is 5.32 Å². The first-order valence-corrected chi connectivity index (χ1v) is 7.51. The van der Waals surface area contributed by atoms with Crippen LogP contribution in [0.5, 0.6) is 0 Å². The van der Waals surface area contributed by atoms with Gasteiger partial charge in [-0.15, -0.1) is 0 Å². The summed E-state index contributed by atoms with van der Waals surface area (Å²) < 4.78 is 5.06. The molecular weight excluding hydrogens is 290 g/mol. The normalized spacial score (nSPS) is 10.9. The molecule has 0 bridgehead atoms. The number of anilines is 1. The predicted octanol–water partition coefficient (Wildman–Crippen LogP) is 3.49. The monoisotopic (exact) mass is 309 g/mol. The van der Waals surface area contributed by atoms with Gasteiger partial charge in [0.25, 0.3) is 0 Å². The van der Waals surface area contributed by atoms with Crippen LogP contribution >= 0.6 is 0 Å². The molecule has 0 aliphatic carbocycles. The lowest BCUT2D eigenvalue weighted by molar-refractivity contribution is 0.101. The third kappa shape index (κ3) is 3.24. The van der Waals surface area contributed by atoms with Crippen molar-refractivity contribution >= 4 is 22.6 Å². The molecule has 2 heterocycles. The molecule has 3 aromatic rings. The number of hydrogen-bond donors (Lipinski definition) is 2. The van der Waals surface area contributed by atoms with Crippen LogP contribution in [0.25, 0.3) is 22.2 Å². The zero-order valence-electron chi connectivity index (χ0n) is 13.2. The number of Topliss-reactive ketones (excluding diaryl/α,β-unsaturated/α-hetero) is 1. The topological polar surface area (TPSA) is 67.0 Å². The van der Waals surface area contributed by atoms with E-state index in [0.717, 1.165) is 28.0 Å². The standard InChI is InChI=1S/C18H19N3O2/c1-12(22)13-4-3-5-14(10-13)16-11-17(19-8-9-23-2)21-18-15(16)6-7-20-18/h3-7,10-11H,8-9H2,1-2H3,(H2,19,20,21). The molecule has 0 atom stereocenters. The van der Waals surface area contributed by atoms with Gasteiger partial charge in [0.2, 0.25) is 0 Å². The highest BCUT2D eigenvalue weighted by atomic mass is 16.5. The van der Waals surface area contributed by atoms with Crippen molar-refractivity contribution in [2.45, 2.75) is 6.92 Å². The van der Waals surface area contributed by atoms with Crippen LogP contribution in [0, 0.1) is 0 Å². The summed E-state index contributed by atoms with van der Waals surface area (Å²) >= 11 is 0. The average molecular weight is 309 g/mol. The number of hydrogen-bond acceptors (Lipinski definition) is 4. The van der Waals surface area contributed by atoms with Gasteiger partial charge in [-0.1, -0.05) is 18.2 Å². The van der Waals surface area contributed by atoms with Crippen LogP contribution in [0.15, 0.2) is 42.6 Å². The van der Waals surface area contributed by atoms with E-state index >= 15 is 0 Å². The minimum atomic E-state index is 0.0599. The molecule has 1 aromatic carbocycles. The molecule has 0 saturated carbocycles. The molecule has 5 nitrogen and oxygen atoms in total. The van der Waals surface area contributed by atoms with Gasteiger partial charge in [0.05, 0.1) is 6.61 Å². The number of H-pyrrole nitrogens is 1. The molecule has 5 heteroatoms. The second-order valence-electron chi connectivity index (χ2n) is 5.35. The lowest BCUT2D eigenvalue weighted by Crippen LogP contribution is -2.09. The number of carbonyl (C=O) groups excluding carboxylic acids is 1. The fourth-order valence-electron chi connectivity index (χ4n) is 2.55. The number of aromatic amines is 1. The minimum absolute atomic E-state index is 0.0599. The van der Waals surface area contributed by atoms with Crippen molar-refractivity contribution in [3.05, 3.63) is 48.2 Å².